The molecule has 0 atom stereocenters. The van der Waals surface area contributed by atoms with E-state index in [9.17, 15) is 4.79 Å². The molecule has 23 heavy (non-hydrogen) atoms. The topological polar surface area (TPSA) is 57.8 Å². The molecule has 0 saturated heterocycles. The highest BCUT2D eigenvalue weighted by Gasteiger charge is 2.06. The van der Waals surface area contributed by atoms with Gasteiger partial charge in [-0.15, -0.1) is 0 Å². The van der Waals surface area contributed by atoms with Crippen molar-refractivity contribution in [3.63, 3.8) is 0 Å². The van der Waals surface area contributed by atoms with Crippen molar-refractivity contribution >= 4 is 17.8 Å². The van der Waals surface area contributed by atoms with Gasteiger partial charge in [0, 0.05) is 18.8 Å². The summed E-state index contributed by atoms with van der Waals surface area (Å²) in [6, 6.07) is 11.4. The van der Waals surface area contributed by atoms with E-state index >= 15 is 0 Å². The van der Waals surface area contributed by atoms with Crippen molar-refractivity contribution in [3.8, 4) is 0 Å². The molecular weight excluding hydrogens is 290 g/mol. The van der Waals surface area contributed by atoms with E-state index in [1.165, 1.54) is 12.0 Å². The number of nitrogens with one attached hydrogen (secondary N) is 1. The Kier molecular flexibility index (Phi) is 6.41. The Hall–Kier alpha value is -2.56. The molecule has 2 aromatic rings. The van der Waals surface area contributed by atoms with Crippen LogP contribution in [0.3, 0.4) is 0 Å². The van der Waals surface area contributed by atoms with Crippen LogP contribution in [-0.2, 0) is 0 Å². The lowest BCUT2D eigenvalue weighted by Crippen LogP contribution is -2.24. The van der Waals surface area contributed by atoms with Gasteiger partial charge in [0.25, 0.3) is 0 Å². The molecule has 5 heteroatoms. The fourth-order valence-corrected chi connectivity index (χ4v) is 2.31. The molecule has 0 aliphatic carbocycles. The molecule has 1 aromatic heterocycles. The van der Waals surface area contributed by atoms with Crippen LogP contribution in [0.25, 0.3) is 0 Å². The van der Waals surface area contributed by atoms with Gasteiger partial charge >= 0.3 is 5.91 Å². The van der Waals surface area contributed by atoms with Crippen molar-refractivity contribution in [1.82, 2.24) is 5.43 Å². The summed E-state index contributed by atoms with van der Waals surface area (Å²) in [6.07, 6.45) is 5.33. The summed E-state index contributed by atoms with van der Waals surface area (Å²) in [5.74, 6) is -0.118. The first-order valence-corrected chi connectivity index (χ1v) is 7.96. The van der Waals surface area contributed by atoms with Gasteiger partial charge in [-0.3, -0.25) is 4.79 Å². The monoisotopic (exact) mass is 313 g/mol. The fraction of sp³-hybridized carbons (Fsp3) is 0.333. The van der Waals surface area contributed by atoms with E-state index in [4.69, 9.17) is 4.42 Å². The van der Waals surface area contributed by atoms with Gasteiger partial charge in [-0.25, -0.2) is 5.43 Å². The first-order valence-electron chi connectivity index (χ1n) is 7.96. The molecule has 0 spiro atoms. The highest BCUT2D eigenvalue weighted by molar-refractivity contribution is 5.92. The lowest BCUT2D eigenvalue weighted by Gasteiger charge is -2.23. The molecule has 0 saturated carbocycles. The zero-order chi connectivity index (χ0) is 16.5. The molecule has 0 fully saturated rings. The normalized spacial score (nSPS) is 10.9. The molecule has 0 aliphatic heterocycles. The third-order valence-electron chi connectivity index (χ3n) is 3.37. The van der Waals surface area contributed by atoms with E-state index in [1.807, 2.05) is 12.1 Å². The van der Waals surface area contributed by atoms with Crippen molar-refractivity contribution in [2.24, 2.45) is 5.10 Å². The highest BCUT2D eigenvalue weighted by Crippen LogP contribution is 2.15. The average molecular weight is 313 g/mol. The molecule has 1 heterocycles. The van der Waals surface area contributed by atoms with Crippen LogP contribution in [0, 0.1) is 0 Å². The summed E-state index contributed by atoms with van der Waals surface area (Å²) in [5.41, 5.74) is 4.58. The van der Waals surface area contributed by atoms with Crippen molar-refractivity contribution < 1.29 is 9.21 Å². The van der Waals surface area contributed by atoms with Crippen LogP contribution in [0.2, 0.25) is 0 Å². The Morgan fingerprint density at radius 3 is 2.43 bits per heavy atom. The van der Waals surface area contributed by atoms with Crippen LogP contribution in [0.5, 0.6) is 0 Å². The summed E-state index contributed by atoms with van der Waals surface area (Å²) in [4.78, 5) is 14.0. The molecule has 0 bridgehead atoms. The van der Waals surface area contributed by atoms with E-state index in [2.05, 4.69) is 41.4 Å². The number of rotatable bonds is 8. The quantitative estimate of drug-likeness (QED) is 0.597. The van der Waals surface area contributed by atoms with Crippen LogP contribution < -0.4 is 10.3 Å². The first-order chi connectivity index (χ1) is 11.2. The molecule has 1 amide bonds. The number of hydrogen-bond acceptors (Lipinski definition) is 4. The molecule has 0 aliphatic rings. The summed E-state index contributed by atoms with van der Waals surface area (Å²) in [7, 11) is 0. The zero-order valence-corrected chi connectivity index (χ0v) is 13.7. The van der Waals surface area contributed by atoms with Gasteiger partial charge in [-0.05, 0) is 42.7 Å². The van der Waals surface area contributed by atoms with Crippen molar-refractivity contribution in [2.75, 3.05) is 18.0 Å². The molecule has 5 nitrogen and oxygen atoms in total. The molecule has 0 unspecified atom stereocenters. The minimum atomic E-state index is -0.361. The number of benzene rings is 1. The minimum absolute atomic E-state index is 0.243. The van der Waals surface area contributed by atoms with E-state index in [-0.39, 0.29) is 11.7 Å². The van der Waals surface area contributed by atoms with Gasteiger partial charge in [-0.1, -0.05) is 26.0 Å². The van der Waals surface area contributed by atoms with Gasteiger partial charge in [0.05, 0.1) is 12.5 Å². The number of nitrogens with zero attached hydrogens (tertiary/aromatic N) is 2. The molecular formula is C18H23N3O2. The molecule has 122 valence electrons. The van der Waals surface area contributed by atoms with E-state index in [1.54, 1.807) is 18.3 Å². The SMILES string of the molecule is CCCN(CCC)c1ccc(C=NNC(=O)c2ccco2)cc1. The highest BCUT2D eigenvalue weighted by atomic mass is 16.3. The summed E-state index contributed by atoms with van der Waals surface area (Å²) >= 11 is 0. The Bertz CT molecular complexity index is 612. The molecule has 1 aromatic carbocycles. The average Bonchev–Trinajstić information content (AvgIpc) is 3.10. The van der Waals surface area contributed by atoms with Crippen molar-refractivity contribution in [1.29, 1.82) is 0 Å². The smallest absolute Gasteiger partial charge is 0.307 e. The maximum Gasteiger partial charge on any atom is 0.307 e. The fourth-order valence-electron chi connectivity index (χ4n) is 2.31. The summed E-state index contributed by atoms with van der Waals surface area (Å²) in [6.45, 7) is 6.48. The van der Waals surface area contributed by atoms with Gasteiger partial charge in [0.1, 0.15) is 0 Å². The Labute approximate surface area is 137 Å². The van der Waals surface area contributed by atoms with E-state index in [0.29, 0.717) is 0 Å². The van der Waals surface area contributed by atoms with Gasteiger partial charge in [-0.2, -0.15) is 5.10 Å². The van der Waals surface area contributed by atoms with Crippen LogP contribution in [-0.4, -0.2) is 25.2 Å². The van der Waals surface area contributed by atoms with Crippen LogP contribution >= 0.6 is 0 Å². The molecule has 0 radical (unpaired) electrons. The van der Waals surface area contributed by atoms with E-state index in [0.717, 1.165) is 31.5 Å². The predicted molar refractivity (Wildman–Crippen MR) is 93.0 cm³/mol. The minimum Gasteiger partial charge on any atom is -0.459 e. The summed E-state index contributed by atoms with van der Waals surface area (Å²) < 4.78 is 4.99. The number of furan rings is 1. The van der Waals surface area contributed by atoms with Crippen molar-refractivity contribution in [3.05, 3.63) is 54.0 Å². The zero-order valence-electron chi connectivity index (χ0n) is 13.7. The van der Waals surface area contributed by atoms with Crippen LogP contribution in [0.4, 0.5) is 5.69 Å². The van der Waals surface area contributed by atoms with Gasteiger partial charge < -0.3 is 9.32 Å². The first kappa shape index (κ1) is 16.8. The Balaban J connectivity index is 1.93. The second-order valence-corrected chi connectivity index (χ2v) is 5.26. The van der Waals surface area contributed by atoms with E-state index < -0.39 is 0 Å². The second kappa shape index (κ2) is 8.78. The van der Waals surface area contributed by atoms with Crippen LogP contribution in [0.15, 0.2) is 52.2 Å². The lowest BCUT2D eigenvalue weighted by atomic mass is 10.2. The van der Waals surface area contributed by atoms with Gasteiger partial charge in [0.2, 0.25) is 0 Å². The maximum absolute atomic E-state index is 11.7. The number of anilines is 1. The lowest BCUT2D eigenvalue weighted by molar-refractivity contribution is 0.0927. The van der Waals surface area contributed by atoms with Crippen molar-refractivity contribution in [2.45, 2.75) is 26.7 Å². The van der Waals surface area contributed by atoms with Gasteiger partial charge in [0.15, 0.2) is 5.76 Å². The summed E-state index contributed by atoms with van der Waals surface area (Å²) in [5, 5.41) is 3.95. The number of hydrogen-bond donors (Lipinski definition) is 1. The van der Waals surface area contributed by atoms with Crippen LogP contribution in [0.1, 0.15) is 42.8 Å². The second-order valence-electron chi connectivity index (χ2n) is 5.26. The molecule has 2 rings (SSSR count). The Morgan fingerprint density at radius 1 is 1.17 bits per heavy atom. The number of carbonyl (C=O) groups is 1. The third kappa shape index (κ3) is 4.98. The number of carbonyl (C=O) groups excluding carboxylic acids is 1. The largest absolute Gasteiger partial charge is 0.459 e. The molecule has 1 N–H and O–H groups in total. The number of amides is 1. The third-order valence-corrected chi connectivity index (χ3v) is 3.37. The maximum atomic E-state index is 11.7. The Morgan fingerprint density at radius 2 is 1.87 bits per heavy atom. The standard InChI is InChI=1S/C18H23N3O2/c1-3-11-21(12-4-2)16-9-7-15(8-10-16)14-19-20-18(22)17-6-5-13-23-17/h5-10,13-14H,3-4,11-12H2,1-2H3,(H,20,22). The number of hydrazone groups is 1. The predicted octanol–water partition coefficient (Wildman–Crippen LogP) is 3.67.